The summed E-state index contributed by atoms with van der Waals surface area (Å²) in [6.07, 6.45) is 0.0355. The lowest BCUT2D eigenvalue weighted by Gasteiger charge is -2.10. The summed E-state index contributed by atoms with van der Waals surface area (Å²) in [6.45, 7) is 7.58. The minimum atomic E-state index is -0.690. The highest BCUT2D eigenvalue weighted by molar-refractivity contribution is 5.97. The Kier molecular flexibility index (Phi) is 7.74. The van der Waals surface area contributed by atoms with E-state index in [0.717, 1.165) is 0 Å². The van der Waals surface area contributed by atoms with E-state index in [1.165, 1.54) is 0 Å². The normalized spacial score (nSPS) is 10.4. The monoisotopic (exact) mass is 336 g/mol. The van der Waals surface area contributed by atoms with Crippen molar-refractivity contribution in [3.8, 4) is 5.75 Å². The molecule has 0 bridgehead atoms. The van der Waals surface area contributed by atoms with E-state index in [1.54, 1.807) is 24.3 Å². The fourth-order valence-corrected chi connectivity index (χ4v) is 1.66. The van der Waals surface area contributed by atoms with E-state index < -0.39 is 24.5 Å². The lowest BCUT2D eigenvalue weighted by atomic mass is 10.2. The molecule has 132 valence electrons. The van der Waals surface area contributed by atoms with E-state index in [-0.39, 0.29) is 12.0 Å². The van der Waals surface area contributed by atoms with Gasteiger partial charge in [-0.15, -0.1) is 0 Å². The van der Waals surface area contributed by atoms with Crippen LogP contribution in [0.25, 0.3) is 0 Å². The number of ether oxygens (including phenoxy) is 2. The van der Waals surface area contributed by atoms with Crippen molar-refractivity contribution < 1.29 is 23.9 Å². The molecule has 0 unspecified atom stereocenters. The number of benzene rings is 1. The van der Waals surface area contributed by atoms with E-state index >= 15 is 0 Å². The quantitative estimate of drug-likeness (QED) is 0.744. The standard InChI is InChI=1S/C17H24N2O5/c1-11(2)9-18-17(22)19-15(20)10-23-16(21)13-5-7-14(8-6-13)24-12(3)4/h5-8,11-12H,9-10H2,1-4H3,(H2,18,19,20,22). The number of hydrogen-bond donors (Lipinski definition) is 2. The number of carbonyl (C=O) groups excluding carboxylic acids is 3. The number of amides is 3. The third-order valence-electron chi connectivity index (χ3n) is 2.72. The molecule has 0 aliphatic carbocycles. The predicted octanol–water partition coefficient (Wildman–Crippen LogP) is 2.11. The Labute approximate surface area is 141 Å². The summed E-state index contributed by atoms with van der Waals surface area (Å²) in [5.41, 5.74) is 0.295. The molecule has 1 rings (SSSR count). The molecule has 3 amide bonds. The third-order valence-corrected chi connectivity index (χ3v) is 2.72. The molecule has 0 spiro atoms. The summed E-state index contributed by atoms with van der Waals surface area (Å²) in [5, 5.41) is 4.62. The van der Waals surface area contributed by atoms with Crippen LogP contribution in [-0.4, -0.2) is 37.2 Å². The second-order valence-electron chi connectivity index (χ2n) is 5.92. The molecule has 24 heavy (non-hydrogen) atoms. The molecule has 0 radical (unpaired) electrons. The van der Waals surface area contributed by atoms with Crippen molar-refractivity contribution in [3.05, 3.63) is 29.8 Å². The number of rotatable bonds is 7. The van der Waals surface area contributed by atoms with E-state index in [9.17, 15) is 14.4 Å². The molecule has 0 fully saturated rings. The van der Waals surface area contributed by atoms with Gasteiger partial charge < -0.3 is 14.8 Å². The Morgan fingerprint density at radius 2 is 1.67 bits per heavy atom. The number of urea groups is 1. The lowest BCUT2D eigenvalue weighted by Crippen LogP contribution is -2.42. The molecule has 7 heteroatoms. The Balaban J connectivity index is 2.39. The van der Waals surface area contributed by atoms with E-state index in [2.05, 4.69) is 10.6 Å². The van der Waals surface area contributed by atoms with Crippen LogP contribution in [0.4, 0.5) is 4.79 Å². The first-order valence-electron chi connectivity index (χ1n) is 7.79. The summed E-state index contributed by atoms with van der Waals surface area (Å²) in [6, 6.07) is 5.78. The SMILES string of the molecule is CC(C)CNC(=O)NC(=O)COC(=O)c1ccc(OC(C)C)cc1. The summed E-state index contributed by atoms with van der Waals surface area (Å²) in [5.74, 6) is -0.430. The van der Waals surface area contributed by atoms with E-state index in [0.29, 0.717) is 17.9 Å². The summed E-state index contributed by atoms with van der Waals surface area (Å²) in [4.78, 5) is 34.8. The Morgan fingerprint density at radius 1 is 1.04 bits per heavy atom. The molecule has 0 atom stereocenters. The van der Waals surface area contributed by atoms with Gasteiger partial charge in [0.15, 0.2) is 6.61 Å². The van der Waals surface area contributed by atoms with Crippen LogP contribution in [0.15, 0.2) is 24.3 Å². The van der Waals surface area contributed by atoms with Crippen LogP contribution in [0.2, 0.25) is 0 Å². The van der Waals surface area contributed by atoms with Gasteiger partial charge in [-0.25, -0.2) is 9.59 Å². The molecule has 0 aromatic heterocycles. The first-order chi connectivity index (χ1) is 11.3. The summed E-state index contributed by atoms with van der Waals surface area (Å²) < 4.78 is 10.3. The predicted molar refractivity (Wildman–Crippen MR) is 88.9 cm³/mol. The van der Waals surface area contributed by atoms with Crippen LogP contribution >= 0.6 is 0 Å². The molecular weight excluding hydrogens is 312 g/mol. The van der Waals surface area contributed by atoms with Gasteiger partial charge >= 0.3 is 12.0 Å². The van der Waals surface area contributed by atoms with Gasteiger partial charge in [-0.05, 0) is 44.0 Å². The fraction of sp³-hybridized carbons (Fsp3) is 0.471. The molecule has 7 nitrogen and oxygen atoms in total. The highest BCUT2D eigenvalue weighted by Gasteiger charge is 2.13. The van der Waals surface area contributed by atoms with Crippen molar-refractivity contribution in [2.75, 3.05) is 13.2 Å². The van der Waals surface area contributed by atoms with Gasteiger partial charge in [-0.2, -0.15) is 0 Å². The maximum atomic E-state index is 11.8. The molecule has 0 saturated carbocycles. The second-order valence-corrected chi connectivity index (χ2v) is 5.92. The minimum Gasteiger partial charge on any atom is -0.491 e. The number of hydrogen-bond acceptors (Lipinski definition) is 5. The Bertz CT molecular complexity index is 567. The average Bonchev–Trinajstić information content (AvgIpc) is 2.50. The van der Waals surface area contributed by atoms with Gasteiger partial charge in [0.1, 0.15) is 5.75 Å². The maximum Gasteiger partial charge on any atom is 0.338 e. The number of esters is 1. The average molecular weight is 336 g/mol. The van der Waals surface area contributed by atoms with E-state index in [1.807, 2.05) is 27.7 Å². The van der Waals surface area contributed by atoms with Crippen molar-refractivity contribution >= 4 is 17.9 Å². The molecule has 1 aromatic rings. The first kappa shape index (κ1) is 19.5. The van der Waals surface area contributed by atoms with Crippen molar-refractivity contribution in [1.82, 2.24) is 10.6 Å². The lowest BCUT2D eigenvalue weighted by molar-refractivity contribution is -0.123. The third kappa shape index (κ3) is 7.62. The van der Waals surface area contributed by atoms with Crippen LogP contribution in [0.1, 0.15) is 38.1 Å². The number of imide groups is 1. The second kappa shape index (κ2) is 9.54. The van der Waals surface area contributed by atoms with Gasteiger partial charge in [0.05, 0.1) is 11.7 Å². The van der Waals surface area contributed by atoms with Gasteiger partial charge in [-0.3, -0.25) is 10.1 Å². The van der Waals surface area contributed by atoms with Crippen molar-refractivity contribution in [1.29, 1.82) is 0 Å². The van der Waals surface area contributed by atoms with E-state index in [4.69, 9.17) is 9.47 Å². The fourth-order valence-electron chi connectivity index (χ4n) is 1.66. The van der Waals surface area contributed by atoms with Crippen LogP contribution in [0.3, 0.4) is 0 Å². The Hall–Kier alpha value is -2.57. The Morgan fingerprint density at radius 3 is 2.21 bits per heavy atom. The first-order valence-corrected chi connectivity index (χ1v) is 7.79. The molecule has 0 heterocycles. The zero-order chi connectivity index (χ0) is 18.1. The molecule has 1 aromatic carbocycles. The maximum absolute atomic E-state index is 11.8. The van der Waals surface area contributed by atoms with Gasteiger partial charge in [0.25, 0.3) is 5.91 Å². The molecule has 2 N–H and O–H groups in total. The minimum absolute atomic E-state index is 0.0355. The van der Waals surface area contributed by atoms with Crippen LogP contribution in [0.5, 0.6) is 5.75 Å². The largest absolute Gasteiger partial charge is 0.491 e. The highest BCUT2D eigenvalue weighted by Crippen LogP contribution is 2.14. The van der Waals surface area contributed by atoms with Crippen molar-refractivity contribution in [3.63, 3.8) is 0 Å². The number of nitrogens with one attached hydrogen (secondary N) is 2. The molecule has 0 aliphatic rings. The highest BCUT2D eigenvalue weighted by atomic mass is 16.5. The van der Waals surface area contributed by atoms with Gasteiger partial charge in [0, 0.05) is 6.54 Å². The van der Waals surface area contributed by atoms with Crippen molar-refractivity contribution in [2.24, 2.45) is 5.92 Å². The molecule has 0 saturated heterocycles. The van der Waals surface area contributed by atoms with Crippen molar-refractivity contribution in [2.45, 2.75) is 33.8 Å². The van der Waals surface area contributed by atoms with Crippen LogP contribution < -0.4 is 15.4 Å². The number of carbonyl (C=O) groups is 3. The van der Waals surface area contributed by atoms with Crippen LogP contribution in [-0.2, 0) is 9.53 Å². The zero-order valence-corrected chi connectivity index (χ0v) is 14.4. The molecular formula is C17H24N2O5. The van der Waals surface area contributed by atoms with Gasteiger partial charge in [0.2, 0.25) is 0 Å². The topological polar surface area (TPSA) is 93.7 Å². The zero-order valence-electron chi connectivity index (χ0n) is 14.4. The summed E-state index contributed by atoms with van der Waals surface area (Å²) in [7, 11) is 0. The smallest absolute Gasteiger partial charge is 0.338 e. The molecule has 0 aliphatic heterocycles. The summed E-state index contributed by atoms with van der Waals surface area (Å²) >= 11 is 0. The van der Waals surface area contributed by atoms with Gasteiger partial charge in [-0.1, -0.05) is 13.8 Å². The van der Waals surface area contributed by atoms with Crippen LogP contribution in [0, 0.1) is 5.92 Å².